The Hall–Kier alpha value is -2.40. The maximum absolute atomic E-state index is 12.6. The lowest BCUT2D eigenvalue weighted by atomic mass is 10.1. The molecule has 1 saturated carbocycles. The monoisotopic (exact) mass is 465 g/mol. The van der Waals surface area contributed by atoms with Gasteiger partial charge in [-0.05, 0) is 25.3 Å². The summed E-state index contributed by atoms with van der Waals surface area (Å²) in [6.07, 6.45) is 4.67. The number of carbonyl (C=O) groups is 3. The van der Waals surface area contributed by atoms with Gasteiger partial charge in [0.1, 0.15) is 10.8 Å². The molecule has 168 valence electrons. The number of aromatic nitrogens is 3. The zero-order chi connectivity index (χ0) is 22.7. The van der Waals surface area contributed by atoms with Crippen LogP contribution in [0.4, 0.5) is 5.00 Å². The topological polar surface area (TPSA) is 106 Å². The maximum Gasteiger partial charge on any atom is 0.341 e. The van der Waals surface area contributed by atoms with Crippen LogP contribution >= 0.6 is 23.1 Å². The highest BCUT2D eigenvalue weighted by Gasteiger charge is 2.27. The molecule has 0 saturated heterocycles. The van der Waals surface area contributed by atoms with Crippen molar-refractivity contribution in [3.63, 3.8) is 0 Å². The third-order valence-electron chi connectivity index (χ3n) is 5.31. The van der Waals surface area contributed by atoms with Crippen LogP contribution in [-0.2, 0) is 16.6 Å². The molecule has 3 rings (SSSR count). The number of nitrogens with one attached hydrogen (secondary N) is 1. The average molecular weight is 466 g/mol. The van der Waals surface area contributed by atoms with E-state index in [1.54, 1.807) is 21.0 Å². The van der Waals surface area contributed by atoms with Crippen LogP contribution in [0.2, 0.25) is 0 Å². The van der Waals surface area contributed by atoms with Gasteiger partial charge in [-0.2, -0.15) is 0 Å². The highest BCUT2D eigenvalue weighted by Crippen LogP contribution is 2.35. The Labute approximate surface area is 189 Å². The summed E-state index contributed by atoms with van der Waals surface area (Å²) in [6.45, 7) is 1.67. The van der Waals surface area contributed by atoms with Crippen molar-refractivity contribution in [1.82, 2.24) is 19.7 Å². The van der Waals surface area contributed by atoms with E-state index in [2.05, 4.69) is 15.5 Å². The van der Waals surface area contributed by atoms with Gasteiger partial charge in [-0.25, -0.2) is 4.79 Å². The van der Waals surface area contributed by atoms with Crippen LogP contribution in [0.3, 0.4) is 0 Å². The third kappa shape index (κ3) is 4.93. The molecule has 0 unspecified atom stereocenters. The summed E-state index contributed by atoms with van der Waals surface area (Å²) in [5.41, 5.74) is 0.700. The fraction of sp³-hybridized carbons (Fsp3) is 0.550. The molecule has 1 aliphatic carbocycles. The first kappa shape index (κ1) is 23.3. The van der Waals surface area contributed by atoms with Crippen LogP contribution in [0, 0.1) is 6.92 Å². The molecule has 2 heterocycles. The van der Waals surface area contributed by atoms with E-state index in [4.69, 9.17) is 4.74 Å². The second kappa shape index (κ2) is 9.82. The average Bonchev–Trinajstić information content (AvgIpc) is 3.45. The molecule has 2 amide bonds. The first-order valence-corrected chi connectivity index (χ1v) is 11.8. The Morgan fingerprint density at radius 2 is 1.94 bits per heavy atom. The van der Waals surface area contributed by atoms with Gasteiger partial charge in [0.15, 0.2) is 5.16 Å². The summed E-state index contributed by atoms with van der Waals surface area (Å²) in [7, 11) is 6.46. The maximum atomic E-state index is 12.6. The van der Waals surface area contributed by atoms with Gasteiger partial charge in [-0.3, -0.25) is 9.59 Å². The number of methoxy groups -OCH3 is 1. The summed E-state index contributed by atoms with van der Waals surface area (Å²) in [5.74, 6) is 0.375. The summed E-state index contributed by atoms with van der Waals surface area (Å²) in [5, 5.41) is 12.3. The Balaban J connectivity index is 1.72. The van der Waals surface area contributed by atoms with E-state index in [-0.39, 0.29) is 23.1 Å². The van der Waals surface area contributed by atoms with Gasteiger partial charge in [-0.15, -0.1) is 21.5 Å². The Bertz CT molecular complexity index is 992. The van der Waals surface area contributed by atoms with E-state index in [0.29, 0.717) is 26.5 Å². The number of thioether (sulfide) groups is 1. The minimum absolute atomic E-state index is 0.102. The van der Waals surface area contributed by atoms with Gasteiger partial charge in [-0.1, -0.05) is 24.6 Å². The van der Waals surface area contributed by atoms with E-state index in [9.17, 15) is 14.4 Å². The summed E-state index contributed by atoms with van der Waals surface area (Å²) >= 11 is 2.36. The van der Waals surface area contributed by atoms with Gasteiger partial charge in [0.05, 0.1) is 23.3 Å². The number of hydrogen-bond donors (Lipinski definition) is 1. The number of rotatable bonds is 7. The molecule has 0 bridgehead atoms. The van der Waals surface area contributed by atoms with Crippen molar-refractivity contribution in [3.05, 3.63) is 21.8 Å². The molecule has 11 heteroatoms. The van der Waals surface area contributed by atoms with Gasteiger partial charge >= 0.3 is 5.97 Å². The lowest BCUT2D eigenvalue weighted by Crippen LogP contribution is -2.21. The first-order chi connectivity index (χ1) is 14.7. The fourth-order valence-corrected chi connectivity index (χ4v) is 5.59. The van der Waals surface area contributed by atoms with Crippen molar-refractivity contribution in [2.45, 2.75) is 43.7 Å². The zero-order valence-electron chi connectivity index (χ0n) is 18.4. The molecular weight excluding hydrogens is 438 g/mol. The highest BCUT2D eigenvalue weighted by molar-refractivity contribution is 7.99. The normalized spacial score (nSPS) is 14.0. The molecule has 2 aromatic heterocycles. The Kier molecular flexibility index (Phi) is 7.37. The molecule has 9 nitrogen and oxygen atoms in total. The van der Waals surface area contributed by atoms with Gasteiger partial charge < -0.3 is 19.5 Å². The van der Waals surface area contributed by atoms with Crippen molar-refractivity contribution in [2.75, 3.05) is 32.3 Å². The number of anilines is 1. The van der Waals surface area contributed by atoms with Crippen LogP contribution < -0.4 is 5.32 Å². The van der Waals surface area contributed by atoms with E-state index in [0.717, 1.165) is 30.0 Å². The number of ether oxygens (including phenoxy) is 1. The van der Waals surface area contributed by atoms with E-state index in [1.807, 2.05) is 11.6 Å². The van der Waals surface area contributed by atoms with Crippen LogP contribution in [0.25, 0.3) is 0 Å². The van der Waals surface area contributed by atoms with Crippen LogP contribution in [0.15, 0.2) is 5.16 Å². The Morgan fingerprint density at radius 1 is 1.26 bits per heavy atom. The number of thiophene rings is 1. The molecule has 0 radical (unpaired) electrons. The summed E-state index contributed by atoms with van der Waals surface area (Å²) in [4.78, 5) is 39.1. The molecule has 0 spiro atoms. The van der Waals surface area contributed by atoms with Gasteiger partial charge in [0, 0.05) is 27.1 Å². The molecule has 0 atom stereocenters. The fourth-order valence-electron chi connectivity index (χ4n) is 3.64. The smallest absolute Gasteiger partial charge is 0.341 e. The molecule has 2 aromatic rings. The standard InChI is InChI=1S/C20H27N5O4S2/c1-11-14(19(28)29-5)17(31-15(11)18(27)24(2)3)21-13(26)10-30-20-23-22-16(25(20)4)12-8-6-7-9-12/h12H,6-10H2,1-5H3,(H,21,26). The van der Waals surface area contributed by atoms with Crippen LogP contribution in [0.1, 0.15) is 63.0 Å². The molecule has 0 aliphatic heterocycles. The Morgan fingerprint density at radius 3 is 2.55 bits per heavy atom. The summed E-state index contributed by atoms with van der Waals surface area (Å²) in [6, 6.07) is 0. The van der Waals surface area contributed by atoms with E-state index in [1.165, 1.54) is 36.6 Å². The molecule has 0 aromatic carbocycles. The lowest BCUT2D eigenvalue weighted by Gasteiger charge is -2.09. The molecule has 31 heavy (non-hydrogen) atoms. The highest BCUT2D eigenvalue weighted by atomic mass is 32.2. The molecule has 1 fully saturated rings. The van der Waals surface area contributed by atoms with E-state index >= 15 is 0 Å². The second-order valence-electron chi connectivity index (χ2n) is 7.67. The molecule has 1 N–H and O–H groups in total. The van der Waals surface area contributed by atoms with Gasteiger partial charge in [0.25, 0.3) is 5.91 Å². The van der Waals surface area contributed by atoms with Crippen molar-refractivity contribution in [2.24, 2.45) is 7.05 Å². The van der Waals surface area contributed by atoms with Crippen molar-refractivity contribution in [3.8, 4) is 0 Å². The first-order valence-electron chi connectivity index (χ1n) is 9.99. The second-order valence-corrected chi connectivity index (χ2v) is 9.63. The minimum atomic E-state index is -0.594. The molecular formula is C20H27N5O4S2. The molecule has 1 aliphatic rings. The number of esters is 1. The SMILES string of the molecule is COC(=O)c1c(NC(=O)CSc2nnc(C3CCCC3)n2C)sc(C(=O)N(C)C)c1C. The summed E-state index contributed by atoms with van der Waals surface area (Å²) < 4.78 is 6.81. The van der Waals surface area contributed by atoms with Crippen LogP contribution in [0.5, 0.6) is 0 Å². The van der Waals surface area contributed by atoms with Crippen molar-refractivity contribution in [1.29, 1.82) is 0 Å². The quantitative estimate of drug-likeness (QED) is 0.495. The minimum Gasteiger partial charge on any atom is -0.465 e. The lowest BCUT2D eigenvalue weighted by molar-refractivity contribution is -0.113. The van der Waals surface area contributed by atoms with Gasteiger partial charge in [0.2, 0.25) is 5.91 Å². The predicted molar refractivity (Wildman–Crippen MR) is 120 cm³/mol. The zero-order valence-corrected chi connectivity index (χ0v) is 20.0. The van der Waals surface area contributed by atoms with Crippen molar-refractivity contribution < 1.29 is 19.1 Å². The number of carbonyl (C=O) groups excluding carboxylic acids is 3. The number of hydrogen-bond acceptors (Lipinski definition) is 8. The largest absolute Gasteiger partial charge is 0.465 e. The van der Waals surface area contributed by atoms with Crippen LogP contribution in [-0.4, -0.2) is 64.4 Å². The number of amides is 2. The van der Waals surface area contributed by atoms with Crippen molar-refractivity contribution >= 4 is 45.9 Å². The van der Waals surface area contributed by atoms with E-state index < -0.39 is 5.97 Å². The number of nitrogens with zero attached hydrogens (tertiary/aromatic N) is 4. The predicted octanol–water partition coefficient (Wildman–Crippen LogP) is 3.06. The third-order valence-corrected chi connectivity index (χ3v) is 7.53.